The van der Waals surface area contributed by atoms with Gasteiger partial charge in [0.05, 0.1) is 5.52 Å². The second-order valence-corrected chi connectivity index (χ2v) is 6.77. The van der Waals surface area contributed by atoms with Gasteiger partial charge in [-0.25, -0.2) is 4.98 Å². The highest BCUT2D eigenvalue weighted by atomic mass is 16.1. The van der Waals surface area contributed by atoms with Crippen LogP contribution in [-0.2, 0) is 6.42 Å². The van der Waals surface area contributed by atoms with Crippen molar-refractivity contribution in [1.29, 1.82) is 0 Å². The number of pyridine rings is 1. The maximum Gasteiger partial charge on any atom is 0.274 e. The molecule has 3 nitrogen and oxygen atoms in total. The maximum atomic E-state index is 12.9. The maximum absolute atomic E-state index is 12.9. The summed E-state index contributed by atoms with van der Waals surface area (Å²) >= 11 is 0. The SMILES string of the molecule is CCCCc1cccc2cccc(NC(=O)c3ccc4ccccc4n3)c12. The molecule has 0 radical (unpaired) electrons. The average Bonchev–Trinajstić information content (AvgIpc) is 2.72. The first kappa shape index (κ1) is 17.2. The first-order chi connectivity index (χ1) is 13.3. The number of hydrogen-bond donors (Lipinski definition) is 1. The van der Waals surface area contributed by atoms with E-state index in [2.05, 4.69) is 41.5 Å². The number of fused-ring (bicyclic) bond motifs is 2. The molecule has 134 valence electrons. The number of para-hydroxylation sites is 1. The molecular weight excluding hydrogens is 332 g/mol. The van der Waals surface area contributed by atoms with Crippen LogP contribution in [0, 0.1) is 0 Å². The molecule has 4 rings (SSSR count). The third-order valence-electron chi connectivity index (χ3n) is 4.87. The van der Waals surface area contributed by atoms with Gasteiger partial charge < -0.3 is 5.32 Å². The van der Waals surface area contributed by atoms with Crippen molar-refractivity contribution in [2.75, 3.05) is 5.32 Å². The van der Waals surface area contributed by atoms with Gasteiger partial charge in [0.1, 0.15) is 5.69 Å². The molecule has 3 aromatic carbocycles. The highest BCUT2D eigenvalue weighted by molar-refractivity contribution is 6.09. The van der Waals surface area contributed by atoms with E-state index in [-0.39, 0.29) is 5.91 Å². The van der Waals surface area contributed by atoms with Crippen molar-refractivity contribution in [1.82, 2.24) is 4.98 Å². The van der Waals surface area contributed by atoms with Gasteiger partial charge in [-0.2, -0.15) is 0 Å². The first-order valence-electron chi connectivity index (χ1n) is 9.44. The van der Waals surface area contributed by atoms with E-state index in [0.717, 1.165) is 46.6 Å². The summed E-state index contributed by atoms with van der Waals surface area (Å²) in [6, 6.07) is 23.9. The van der Waals surface area contributed by atoms with E-state index in [1.165, 1.54) is 5.56 Å². The number of benzene rings is 3. The summed E-state index contributed by atoms with van der Waals surface area (Å²) in [6.07, 6.45) is 3.29. The Kier molecular flexibility index (Phi) is 4.84. The number of aromatic nitrogens is 1. The molecule has 1 N–H and O–H groups in total. The predicted molar refractivity (Wildman–Crippen MR) is 112 cm³/mol. The molecule has 1 heterocycles. The summed E-state index contributed by atoms with van der Waals surface area (Å²) in [4.78, 5) is 17.4. The molecule has 0 fully saturated rings. The lowest BCUT2D eigenvalue weighted by molar-refractivity contribution is 0.102. The van der Waals surface area contributed by atoms with E-state index >= 15 is 0 Å². The van der Waals surface area contributed by atoms with Crippen molar-refractivity contribution in [3.8, 4) is 0 Å². The number of hydrogen-bond acceptors (Lipinski definition) is 2. The van der Waals surface area contributed by atoms with Crippen molar-refractivity contribution in [2.24, 2.45) is 0 Å². The molecule has 3 heteroatoms. The molecule has 27 heavy (non-hydrogen) atoms. The Morgan fingerprint density at radius 1 is 0.889 bits per heavy atom. The third kappa shape index (κ3) is 3.54. The fourth-order valence-corrected chi connectivity index (χ4v) is 3.48. The van der Waals surface area contributed by atoms with Crippen molar-refractivity contribution in [3.63, 3.8) is 0 Å². The number of unbranched alkanes of at least 4 members (excludes halogenated alkanes) is 1. The van der Waals surface area contributed by atoms with Crippen LogP contribution in [0.3, 0.4) is 0 Å². The van der Waals surface area contributed by atoms with Gasteiger partial charge in [0, 0.05) is 16.5 Å². The smallest absolute Gasteiger partial charge is 0.274 e. The lowest BCUT2D eigenvalue weighted by Gasteiger charge is -2.13. The zero-order valence-corrected chi connectivity index (χ0v) is 15.4. The quantitative estimate of drug-likeness (QED) is 0.479. The normalized spacial score (nSPS) is 11.0. The number of anilines is 1. The molecule has 0 unspecified atom stereocenters. The molecular formula is C24H22N2O. The van der Waals surface area contributed by atoms with Crippen LogP contribution in [-0.4, -0.2) is 10.9 Å². The van der Waals surface area contributed by atoms with Crippen LogP contribution >= 0.6 is 0 Å². The lowest BCUT2D eigenvalue weighted by atomic mass is 9.98. The topological polar surface area (TPSA) is 42.0 Å². The fourth-order valence-electron chi connectivity index (χ4n) is 3.48. The summed E-state index contributed by atoms with van der Waals surface area (Å²) in [5, 5.41) is 6.38. The second-order valence-electron chi connectivity index (χ2n) is 6.77. The van der Waals surface area contributed by atoms with Crippen LogP contribution in [0.1, 0.15) is 35.8 Å². The van der Waals surface area contributed by atoms with Gasteiger partial charge in [0.25, 0.3) is 5.91 Å². The van der Waals surface area contributed by atoms with E-state index in [4.69, 9.17) is 0 Å². The number of nitrogens with one attached hydrogen (secondary N) is 1. The van der Waals surface area contributed by atoms with Crippen LogP contribution in [0.15, 0.2) is 72.8 Å². The summed E-state index contributed by atoms with van der Waals surface area (Å²) in [7, 11) is 0. The molecule has 1 amide bonds. The van der Waals surface area contributed by atoms with Gasteiger partial charge in [-0.3, -0.25) is 4.79 Å². The Balaban J connectivity index is 1.70. The summed E-state index contributed by atoms with van der Waals surface area (Å²) < 4.78 is 0. The minimum atomic E-state index is -0.182. The molecule has 0 bridgehead atoms. The summed E-state index contributed by atoms with van der Waals surface area (Å²) in [5.41, 5.74) is 3.37. The van der Waals surface area contributed by atoms with Crippen molar-refractivity contribution in [2.45, 2.75) is 26.2 Å². The Morgan fingerprint density at radius 2 is 1.67 bits per heavy atom. The number of carbonyl (C=O) groups is 1. The van der Waals surface area contributed by atoms with Gasteiger partial charge in [-0.05, 0) is 42.0 Å². The molecule has 4 aromatic rings. The zero-order chi connectivity index (χ0) is 18.6. The number of carbonyl (C=O) groups excluding carboxylic acids is 1. The van der Waals surface area contributed by atoms with E-state index in [1.807, 2.05) is 42.5 Å². The Bertz CT molecular complexity index is 1110. The van der Waals surface area contributed by atoms with Gasteiger partial charge in [-0.15, -0.1) is 0 Å². The Hall–Kier alpha value is -3.20. The van der Waals surface area contributed by atoms with Gasteiger partial charge >= 0.3 is 0 Å². The molecule has 0 spiro atoms. The van der Waals surface area contributed by atoms with Crippen LogP contribution in [0.25, 0.3) is 21.7 Å². The van der Waals surface area contributed by atoms with Crippen molar-refractivity contribution in [3.05, 3.63) is 84.1 Å². The molecule has 1 aromatic heterocycles. The van der Waals surface area contributed by atoms with Gasteiger partial charge in [0.2, 0.25) is 0 Å². The monoisotopic (exact) mass is 354 g/mol. The van der Waals surface area contributed by atoms with Gasteiger partial charge in [0.15, 0.2) is 0 Å². The summed E-state index contributed by atoms with van der Waals surface area (Å²) in [6.45, 7) is 2.19. The number of nitrogens with zero attached hydrogens (tertiary/aromatic N) is 1. The van der Waals surface area contributed by atoms with Crippen LogP contribution < -0.4 is 5.32 Å². The van der Waals surface area contributed by atoms with Crippen LogP contribution in [0.2, 0.25) is 0 Å². The lowest BCUT2D eigenvalue weighted by Crippen LogP contribution is -2.14. The standard InChI is InChI=1S/C24H22N2O/c1-2-3-8-18-10-6-11-19-12-7-14-21(23(18)19)26-24(27)22-16-15-17-9-4-5-13-20(17)25-22/h4-7,9-16H,2-3,8H2,1H3,(H,26,27). The molecule has 0 aliphatic carbocycles. The molecule has 0 saturated heterocycles. The first-order valence-corrected chi connectivity index (χ1v) is 9.44. The van der Waals surface area contributed by atoms with E-state index in [1.54, 1.807) is 6.07 Å². The van der Waals surface area contributed by atoms with E-state index in [0.29, 0.717) is 5.69 Å². The minimum absolute atomic E-state index is 0.182. The molecule has 0 aliphatic rings. The summed E-state index contributed by atoms with van der Waals surface area (Å²) in [5.74, 6) is -0.182. The van der Waals surface area contributed by atoms with E-state index < -0.39 is 0 Å². The molecule has 0 aliphatic heterocycles. The third-order valence-corrected chi connectivity index (χ3v) is 4.87. The zero-order valence-electron chi connectivity index (χ0n) is 15.4. The fraction of sp³-hybridized carbons (Fsp3) is 0.167. The predicted octanol–water partition coefficient (Wildman–Crippen LogP) is 5.98. The second kappa shape index (κ2) is 7.58. The van der Waals surface area contributed by atoms with Crippen molar-refractivity contribution < 1.29 is 4.79 Å². The molecule has 0 saturated carbocycles. The number of rotatable bonds is 5. The highest BCUT2D eigenvalue weighted by Crippen LogP contribution is 2.28. The van der Waals surface area contributed by atoms with Crippen LogP contribution in [0.4, 0.5) is 5.69 Å². The number of amides is 1. The largest absolute Gasteiger partial charge is 0.320 e. The Labute approximate surface area is 159 Å². The number of aryl methyl sites for hydroxylation is 1. The van der Waals surface area contributed by atoms with Crippen molar-refractivity contribution >= 4 is 33.3 Å². The highest BCUT2D eigenvalue weighted by Gasteiger charge is 2.12. The van der Waals surface area contributed by atoms with Gasteiger partial charge in [-0.1, -0.05) is 67.9 Å². The van der Waals surface area contributed by atoms with Crippen LogP contribution in [0.5, 0.6) is 0 Å². The van der Waals surface area contributed by atoms with E-state index in [9.17, 15) is 4.79 Å². The average molecular weight is 354 g/mol. The minimum Gasteiger partial charge on any atom is -0.320 e. The molecule has 0 atom stereocenters. The Morgan fingerprint density at radius 3 is 2.52 bits per heavy atom.